The summed E-state index contributed by atoms with van der Waals surface area (Å²) in [4.78, 5) is 43.3. The van der Waals surface area contributed by atoms with Crippen molar-refractivity contribution in [2.45, 2.75) is 50.6 Å². The first kappa shape index (κ1) is 35.8. The molecular formula is C39H44FN3O5. The van der Waals surface area contributed by atoms with Gasteiger partial charge in [-0.25, -0.2) is 4.39 Å². The van der Waals surface area contributed by atoms with Crippen molar-refractivity contribution >= 4 is 28.7 Å². The zero-order valence-corrected chi connectivity index (χ0v) is 27.1. The highest BCUT2D eigenvalue weighted by Crippen LogP contribution is 2.21. The molecule has 9 heteroatoms. The molecule has 0 bridgehead atoms. The number of rotatable bonds is 19. The summed E-state index contributed by atoms with van der Waals surface area (Å²) in [5.74, 6) is -2.81. The number of hydrogen-bond donors (Lipinski definition) is 4. The molecule has 0 saturated carbocycles. The molecule has 8 nitrogen and oxygen atoms in total. The minimum Gasteiger partial charge on any atom is -0.463 e. The number of fused-ring (bicyclic) bond motifs is 1. The number of carbonyl (C=O) groups excluding carboxylic acids is 3. The highest BCUT2D eigenvalue weighted by molar-refractivity contribution is 5.87. The van der Waals surface area contributed by atoms with Gasteiger partial charge in [0, 0.05) is 23.5 Å². The summed E-state index contributed by atoms with van der Waals surface area (Å²) in [5, 5.41) is 16.8. The van der Waals surface area contributed by atoms with Gasteiger partial charge in [-0.3, -0.25) is 14.4 Å². The smallest absolute Gasteiger partial charge is 0.309 e. The minimum absolute atomic E-state index is 0.0994. The van der Waals surface area contributed by atoms with Crippen LogP contribution in [0.3, 0.4) is 0 Å². The maximum atomic E-state index is 13.7. The molecule has 0 aliphatic rings. The van der Waals surface area contributed by atoms with E-state index in [1.54, 1.807) is 24.3 Å². The Bertz CT molecular complexity index is 1650. The van der Waals surface area contributed by atoms with Gasteiger partial charge < -0.3 is 25.5 Å². The van der Waals surface area contributed by atoms with E-state index in [1.165, 1.54) is 12.1 Å². The normalized spacial score (nSPS) is 13.5. The molecule has 0 aliphatic carbocycles. The number of aromatic amines is 1. The molecule has 252 valence electrons. The van der Waals surface area contributed by atoms with Gasteiger partial charge in [-0.2, -0.15) is 0 Å². The van der Waals surface area contributed by atoms with Gasteiger partial charge >= 0.3 is 5.97 Å². The largest absolute Gasteiger partial charge is 0.463 e. The summed E-state index contributed by atoms with van der Waals surface area (Å²) >= 11 is 0. The van der Waals surface area contributed by atoms with E-state index in [9.17, 15) is 23.9 Å². The summed E-state index contributed by atoms with van der Waals surface area (Å²) < 4.78 is 19.3. The number of halogens is 1. The SMILES string of the molecule is C=CC[C@H](CC(=O)N[C@H](CO)Cc1ccccc1)C(=O)N[C@@H](COC(=O)[C@@H](CC=C)Cc1ccc(F)cc1)Cc1c[nH]c2ccccc12. The average molecular weight is 654 g/mol. The van der Waals surface area contributed by atoms with Crippen LogP contribution in [0.5, 0.6) is 0 Å². The van der Waals surface area contributed by atoms with Crippen molar-refractivity contribution in [3.63, 3.8) is 0 Å². The number of aliphatic hydroxyl groups excluding tert-OH is 1. The number of amides is 2. The van der Waals surface area contributed by atoms with E-state index in [0.29, 0.717) is 25.7 Å². The molecule has 0 spiro atoms. The second-order valence-electron chi connectivity index (χ2n) is 12.0. The number of hydrogen-bond acceptors (Lipinski definition) is 5. The molecule has 3 aromatic carbocycles. The standard InChI is InChI=1S/C39H44FN3O5/c1-3-10-29(23-37(45)42-33(25-44)21-27-12-6-5-7-13-27)38(46)43-34(22-31-24-41-36-15-9-8-14-35(31)36)26-48-39(47)30(11-4-2)20-28-16-18-32(40)19-17-28/h3-9,12-19,24,29-30,33-34,41,44H,1-2,10-11,20-23,25-26H2,(H,42,45)(H,43,46)/t29-,30+,33+,34-/m1/s1. The van der Waals surface area contributed by atoms with Gasteiger partial charge in [0.05, 0.1) is 30.5 Å². The lowest BCUT2D eigenvalue weighted by molar-refractivity contribution is -0.149. The third-order valence-electron chi connectivity index (χ3n) is 8.26. The molecular weight excluding hydrogens is 609 g/mol. The number of allylic oxidation sites excluding steroid dienone is 2. The summed E-state index contributed by atoms with van der Waals surface area (Å²) in [7, 11) is 0. The van der Waals surface area contributed by atoms with Crippen LogP contribution in [0.4, 0.5) is 4.39 Å². The van der Waals surface area contributed by atoms with Gasteiger partial charge in [-0.05, 0) is 67.0 Å². The third-order valence-corrected chi connectivity index (χ3v) is 8.26. The molecule has 0 saturated heterocycles. The van der Waals surface area contributed by atoms with Crippen LogP contribution < -0.4 is 10.6 Å². The topological polar surface area (TPSA) is 121 Å². The number of para-hydroxylation sites is 1. The van der Waals surface area contributed by atoms with Crippen LogP contribution in [-0.4, -0.2) is 53.2 Å². The first-order valence-corrected chi connectivity index (χ1v) is 16.2. The molecule has 0 aliphatic heterocycles. The van der Waals surface area contributed by atoms with Gasteiger partial charge in [0.2, 0.25) is 11.8 Å². The lowest BCUT2D eigenvalue weighted by Crippen LogP contribution is -2.45. The zero-order valence-electron chi connectivity index (χ0n) is 27.1. The van der Waals surface area contributed by atoms with E-state index in [0.717, 1.165) is 27.6 Å². The van der Waals surface area contributed by atoms with Gasteiger partial charge in [0.25, 0.3) is 0 Å². The number of aliphatic hydroxyl groups is 1. The van der Waals surface area contributed by atoms with E-state index < -0.39 is 29.9 Å². The van der Waals surface area contributed by atoms with Gasteiger partial charge in [-0.1, -0.05) is 72.8 Å². The van der Waals surface area contributed by atoms with Crippen LogP contribution >= 0.6 is 0 Å². The molecule has 48 heavy (non-hydrogen) atoms. The van der Waals surface area contributed by atoms with Crippen LogP contribution in [0.25, 0.3) is 10.9 Å². The molecule has 0 radical (unpaired) electrons. The fourth-order valence-corrected chi connectivity index (χ4v) is 5.76. The Labute approximate surface area is 281 Å². The van der Waals surface area contributed by atoms with Crippen molar-refractivity contribution in [3.05, 3.63) is 133 Å². The number of ether oxygens (including phenoxy) is 1. The molecule has 2 amide bonds. The van der Waals surface area contributed by atoms with Crippen LogP contribution in [0.2, 0.25) is 0 Å². The summed E-state index contributed by atoms with van der Waals surface area (Å²) in [6.07, 6.45) is 6.78. The Morgan fingerprint density at radius 2 is 1.48 bits per heavy atom. The van der Waals surface area contributed by atoms with Crippen LogP contribution in [-0.2, 0) is 38.4 Å². The lowest BCUT2D eigenvalue weighted by Gasteiger charge is -2.24. The second kappa shape index (κ2) is 18.4. The Kier molecular flexibility index (Phi) is 13.7. The maximum Gasteiger partial charge on any atom is 0.309 e. The number of H-pyrrole nitrogens is 1. The number of benzene rings is 3. The monoisotopic (exact) mass is 653 g/mol. The summed E-state index contributed by atoms with van der Waals surface area (Å²) in [5.41, 5.74) is 3.64. The van der Waals surface area contributed by atoms with Crippen molar-refractivity contribution < 1.29 is 28.6 Å². The van der Waals surface area contributed by atoms with E-state index in [1.807, 2.05) is 60.8 Å². The Morgan fingerprint density at radius 3 is 2.19 bits per heavy atom. The summed E-state index contributed by atoms with van der Waals surface area (Å²) in [6.45, 7) is 7.21. The molecule has 4 atom stereocenters. The minimum atomic E-state index is -0.730. The van der Waals surface area contributed by atoms with Gasteiger partial charge in [0.15, 0.2) is 0 Å². The molecule has 1 heterocycles. The predicted molar refractivity (Wildman–Crippen MR) is 185 cm³/mol. The third kappa shape index (κ3) is 10.8. The first-order chi connectivity index (χ1) is 23.3. The zero-order chi connectivity index (χ0) is 34.3. The van der Waals surface area contributed by atoms with Gasteiger partial charge in [-0.15, -0.1) is 13.2 Å². The number of aromatic nitrogens is 1. The fourth-order valence-electron chi connectivity index (χ4n) is 5.76. The van der Waals surface area contributed by atoms with Crippen LogP contribution in [0.1, 0.15) is 36.0 Å². The highest BCUT2D eigenvalue weighted by atomic mass is 19.1. The Balaban J connectivity index is 1.45. The molecule has 0 fully saturated rings. The maximum absolute atomic E-state index is 13.7. The number of esters is 1. The van der Waals surface area contributed by atoms with Crippen LogP contribution in [0.15, 0.2) is 110 Å². The van der Waals surface area contributed by atoms with E-state index in [2.05, 4.69) is 28.8 Å². The molecule has 4 rings (SSSR count). The molecule has 4 N–H and O–H groups in total. The highest BCUT2D eigenvalue weighted by Gasteiger charge is 2.27. The second-order valence-corrected chi connectivity index (χ2v) is 12.0. The Hall–Kier alpha value is -5.02. The van der Waals surface area contributed by atoms with E-state index in [-0.39, 0.29) is 43.7 Å². The summed E-state index contributed by atoms with van der Waals surface area (Å²) in [6, 6.07) is 22.2. The van der Waals surface area contributed by atoms with Crippen molar-refractivity contribution in [2.24, 2.45) is 11.8 Å². The predicted octanol–water partition coefficient (Wildman–Crippen LogP) is 5.61. The first-order valence-electron chi connectivity index (χ1n) is 16.2. The van der Waals surface area contributed by atoms with E-state index >= 15 is 0 Å². The van der Waals surface area contributed by atoms with Crippen molar-refractivity contribution in [1.29, 1.82) is 0 Å². The fraction of sp³-hybridized carbons (Fsp3) is 0.308. The molecule has 4 aromatic rings. The Morgan fingerprint density at radius 1 is 0.812 bits per heavy atom. The average Bonchev–Trinajstić information content (AvgIpc) is 3.50. The van der Waals surface area contributed by atoms with E-state index in [4.69, 9.17) is 4.74 Å². The number of carbonyl (C=O) groups is 3. The molecule has 0 unspecified atom stereocenters. The van der Waals surface area contributed by atoms with Crippen molar-refractivity contribution in [2.75, 3.05) is 13.2 Å². The molecule has 1 aromatic heterocycles. The number of nitrogens with one attached hydrogen (secondary N) is 3. The van der Waals surface area contributed by atoms with Crippen molar-refractivity contribution in [1.82, 2.24) is 15.6 Å². The van der Waals surface area contributed by atoms with Crippen LogP contribution in [0, 0.1) is 17.7 Å². The lowest BCUT2D eigenvalue weighted by atomic mass is 9.96. The van der Waals surface area contributed by atoms with Gasteiger partial charge in [0.1, 0.15) is 12.4 Å². The quantitative estimate of drug-likeness (QED) is 0.0775. The van der Waals surface area contributed by atoms with Crippen molar-refractivity contribution in [3.8, 4) is 0 Å².